The molecule has 0 spiro atoms. The first kappa shape index (κ1) is 13.7. The molecule has 0 bridgehead atoms. The van der Waals surface area contributed by atoms with Gasteiger partial charge in [-0.1, -0.05) is 6.07 Å². The third-order valence-corrected chi connectivity index (χ3v) is 3.45. The fourth-order valence-corrected chi connectivity index (χ4v) is 2.29. The highest BCUT2D eigenvalue weighted by atomic mass is 16.5. The van der Waals surface area contributed by atoms with Gasteiger partial charge >= 0.3 is 0 Å². The van der Waals surface area contributed by atoms with Crippen LogP contribution in [0.4, 0.5) is 0 Å². The molecule has 1 heterocycles. The summed E-state index contributed by atoms with van der Waals surface area (Å²) in [6.45, 7) is 2.72. The Bertz CT molecular complexity index is 452. The molecule has 1 aliphatic rings. The van der Waals surface area contributed by atoms with Crippen LogP contribution in [0.2, 0.25) is 0 Å². The second kappa shape index (κ2) is 5.93. The molecule has 1 saturated heterocycles. The van der Waals surface area contributed by atoms with Crippen LogP contribution in [-0.2, 0) is 4.79 Å². The number of hydrogen-bond acceptors (Lipinski definition) is 4. The molecular weight excluding hydrogens is 244 g/mol. The molecule has 0 saturated carbocycles. The van der Waals surface area contributed by atoms with Gasteiger partial charge in [0.2, 0.25) is 5.91 Å². The predicted octanol–water partition coefficient (Wildman–Crippen LogP) is 1.33. The molecule has 2 rings (SSSR count). The third kappa shape index (κ3) is 3.38. The van der Waals surface area contributed by atoms with Crippen LogP contribution in [0.5, 0.6) is 11.5 Å². The van der Waals surface area contributed by atoms with Crippen molar-refractivity contribution >= 4 is 5.91 Å². The Morgan fingerprint density at radius 1 is 1.53 bits per heavy atom. The highest BCUT2D eigenvalue weighted by Gasteiger charge is 2.20. The molecular formula is C14H20N2O3. The van der Waals surface area contributed by atoms with Crippen LogP contribution in [-0.4, -0.2) is 30.7 Å². The first-order chi connectivity index (χ1) is 9.10. The van der Waals surface area contributed by atoms with Crippen LogP contribution in [0.25, 0.3) is 0 Å². The smallest absolute Gasteiger partial charge is 0.220 e. The van der Waals surface area contributed by atoms with E-state index in [1.54, 1.807) is 6.07 Å². The van der Waals surface area contributed by atoms with Crippen molar-refractivity contribution < 1.29 is 14.6 Å². The van der Waals surface area contributed by atoms with Crippen molar-refractivity contribution in [1.29, 1.82) is 0 Å². The van der Waals surface area contributed by atoms with Crippen molar-refractivity contribution in [2.45, 2.75) is 31.8 Å². The van der Waals surface area contributed by atoms with Crippen LogP contribution in [0.1, 0.15) is 31.4 Å². The number of piperidine rings is 1. The van der Waals surface area contributed by atoms with Crippen LogP contribution in [0.3, 0.4) is 0 Å². The summed E-state index contributed by atoms with van der Waals surface area (Å²) >= 11 is 0. The second-order valence-electron chi connectivity index (χ2n) is 4.86. The van der Waals surface area contributed by atoms with Crippen LogP contribution in [0, 0.1) is 0 Å². The minimum atomic E-state index is 0.122. The van der Waals surface area contributed by atoms with Gasteiger partial charge in [-0.25, -0.2) is 0 Å². The number of carbonyl (C=O) groups excluding carboxylic acids is 1. The van der Waals surface area contributed by atoms with Crippen molar-refractivity contribution in [1.82, 2.24) is 10.6 Å². The van der Waals surface area contributed by atoms with Gasteiger partial charge in [-0.2, -0.15) is 0 Å². The van der Waals surface area contributed by atoms with Gasteiger partial charge in [0.1, 0.15) is 0 Å². The molecule has 104 valence electrons. The van der Waals surface area contributed by atoms with Gasteiger partial charge < -0.3 is 20.5 Å². The molecule has 1 amide bonds. The molecule has 0 aliphatic carbocycles. The molecule has 19 heavy (non-hydrogen) atoms. The van der Waals surface area contributed by atoms with Crippen molar-refractivity contribution in [2.75, 3.05) is 13.7 Å². The Hall–Kier alpha value is -1.75. The first-order valence-corrected chi connectivity index (χ1v) is 6.50. The van der Waals surface area contributed by atoms with E-state index >= 15 is 0 Å². The molecule has 2 unspecified atom stereocenters. The van der Waals surface area contributed by atoms with Crippen molar-refractivity contribution in [2.24, 2.45) is 0 Å². The van der Waals surface area contributed by atoms with Gasteiger partial charge in [-0.15, -0.1) is 0 Å². The zero-order valence-electron chi connectivity index (χ0n) is 11.3. The maximum absolute atomic E-state index is 11.1. The number of hydrogen-bond donors (Lipinski definition) is 3. The Labute approximate surface area is 113 Å². The maximum Gasteiger partial charge on any atom is 0.220 e. The quantitative estimate of drug-likeness (QED) is 0.767. The number of nitrogens with one attached hydrogen (secondary N) is 2. The molecule has 1 fully saturated rings. The van der Waals surface area contributed by atoms with Crippen molar-refractivity contribution in [3.05, 3.63) is 23.8 Å². The summed E-state index contributed by atoms with van der Waals surface area (Å²) in [6.07, 6.45) is 1.43. The Morgan fingerprint density at radius 3 is 2.95 bits per heavy atom. The van der Waals surface area contributed by atoms with Gasteiger partial charge in [-0.3, -0.25) is 4.79 Å². The Kier molecular flexibility index (Phi) is 4.27. The number of ether oxygens (including phenoxy) is 1. The van der Waals surface area contributed by atoms with E-state index in [0.717, 1.165) is 12.0 Å². The highest BCUT2D eigenvalue weighted by molar-refractivity contribution is 5.76. The standard InChI is InChI=1S/C14H20N2O3/c1-9(16-11-4-6-14(18)15-8-11)10-3-5-12(17)13(7-10)19-2/h3,5,7,9,11,16-17H,4,6,8H2,1-2H3,(H,15,18). The largest absolute Gasteiger partial charge is 0.504 e. The minimum absolute atomic E-state index is 0.122. The molecule has 1 aliphatic heterocycles. The molecule has 5 nitrogen and oxygen atoms in total. The Morgan fingerprint density at radius 2 is 2.32 bits per heavy atom. The average molecular weight is 264 g/mol. The lowest BCUT2D eigenvalue weighted by atomic mass is 10.0. The number of rotatable bonds is 4. The average Bonchev–Trinajstić information content (AvgIpc) is 2.42. The number of phenols is 1. The summed E-state index contributed by atoms with van der Waals surface area (Å²) in [5, 5.41) is 15.9. The van der Waals surface area contributed by atoms with Gasteiger partial charge in [0.25, 0.3) is 0 Å². The van der Waals surface area contributed by atoms with Crippen molar-refractivity contribution in [3.8, 4) is 11.5 Å². The number of aromatic hydroxyl groups is 1. The first-order valence-electron chi connectivity index (χ1n) is 6.50. The summed E-state index contributed by atoms with van der Waals surface area (Å²) in [4.78, 5) is 11.1. The van der Waals surface area contributed by atoms with Crippen LogP contribution in [0.15, 0.2) is 18.2 Å². The lowest BCUT2D eigenvalue weighted by Gasteiger charge is -2.27. The van der Waals surface area contributed by atoms with Gasteiger partial charge in [-0.05, 0) is 31.0 Å². The van der Waals surface area contributed by atoms with Crippen molar-refractivity contribution in [3.63, 3.8) is 0 Å². The number of benzene rings is 1. The Balaban J connectivity index is 1.99. The lowest BCUT2D eigenvalue weighted by Crippen LogP contribution is -2.46. The fraction of sp³-hybridized carbons (Fsp3) is 0.500. The van der Waals surface area contributed by atoms with E-state index in [0.29, 0.717) is 18.7 Å². The van der Waals surface area contributed by atoms with Gasteiger partial charge in [0, 0.05) is 25.0 Å². The van der Waals surface area contributed by atoms with E-state index in [2.05, 4.69) is 17.6 Å². The number of carbonyl (C=O) groups is 1. The topological polar surface area (TPSA) is 70.6 Å². The number of phenolic OH excluding ortho intramolecular Hbond substituents is 1. The molecule has 0 aromatic heterocycles. The summed E-state index contributed by atoms with van der Waals surface area (Å²) in [6, 6.07) is 5.75. The minimum Gasteiger partial charge on any atom is -0.504 e. The maximum atomic E-state index is 11.1. The summed E-state index contributed by atoms with van der Waals surface area (Å²) in [5.74, 6) is 0.739. The van der Waals surface area contributed by atoms with E-state index in [1.807, 2.05) is 12.1 Å². The van der Waals surface area contributed by atoms with Crippen LogP contribution >= 0.6 is 0 Å². The summed E-state index contributed by atoms with van der Waals surface area (Å²) in [5.41, 5.74) is 1.05. The number of methoxy groups -OCH3 is 1. The highest BCUT2D eigenvalue weighted by Crippen LogP contribution is 2.29. The predicted molar refractivity (Wildman–Crippen MR) is 72.2 cm³/mol. The monoisotopic (exact) mass is 264 g/mol. The van der Waals surface area contributed by atoms with E-state index in [4.69, 9.17) is 4.74 Å². The van der Waals surface area contributed by atoms with Gasteiger partial charge in [0.05, 0.1) is 7.11 Å². The molecule has 1 aromatic rings. The normalized spacial score (nSPS) is 20.7. The molecule has 1 aromatic carbocycles. The lowest BCUT2D eigenvalue weighted by molar-refractivity contribution is -0.122. The van der Waals surface area contributed by atoms with E-state index in [1.165, 1.54) is 7.11 Å². The third-order valence-electron chi connectivity index (χ3n) is 3.45. The fourth-order valence-electron chi connectivity index (χ4n) is 2.29. The molecule has 0 radical (unpaired) electrons. The molecule has 2 atom stereocenters. The molecule has 5 heteroatoms. The summed E-state index contributed by atoms with van der Waals surface area (Å²) < 4.78 is 5.11. The number of amides is 1. The van der Waals surface area contributed by atoms with E-state index < -0.39 is 0 Å². The zero-order valence-corrected chi connectivity index (χ0v) is 11.3. The summed E-state index contributed by atoms with van der Waals surface area (Å²) in [7, 11) is 1.54. The van der Waals surface area contributed by atoms with E-state index in [-0.39, 0.29) is 23.7 Å². The van der Waals surface area contributed by atoms with Crippen LogP contribution < -0.4 is 15.4 Å². The molecule has 3 N–H and O–H groups in total. The zero-order chi connectivity index (χ0) is 13.8. The SMILES string of the molecule is COc1cc(C(C)NC2CCC(=O)NC2)ccc1O. The van der Waals surface area contributed by atoms with E-state index in [9.17, 15) is 9.90 Å². The van der Waals surface area contributed by atoms with Gasteiger partial charge in [0.15, 0.2) is 11.5 Å². The second-order valence-corrected chi connectivity index (χ2v) is 4.86.